The van der Waals surface area contributed by atoms with Crippen molar-refractivity contribution in [1.82, 2.24) is 4.98 Å². The van der Waals surface area contributed by atoms with Crippen molar-refractivity contribution in [3.63, 3.8) is 0 Å². The first-order chi connectivity index (χ1) is 10.0. The number of aryl methyl sites for hydroxylation is 1. The first kappa shape index (κ1) is 14.5. The second-order valence-corrected chi connectivity index (χ2v) is 6.49. The summed E-state index contributed by atoms with van der Waals surface area (Å²) in [4.78, 5) is 28.9. The number of anilines is 1. The average Bonchev–Trinajstić information content (AvgIpc) is 2.85. The van der Waals surface area contributed by atoms with Gasteiger partial charge in [-0.1, -0.05) is 34.5 Å². The number of carbonyl (C=O) groups excluding carboxylic acids is 2. The van der Waals surface area contributed by atoms with Gasteiger partial charge in [-0.05, 0) is 31.0 Å². The largest absolute Gasteiger partial charge is 0.298 e. The van der Waals surface area contributed by atoms with Crippen molar-refractivity contribution in [1.29, 1.82) is 0 Å². The van der Waals surface area contributed by atoms with Gasteiger partial charge in [-0.15, -0.1) is 0 Å². The van der Waals surface area contributed by atoms with Crippen LogP contribution in [0.5, 0.6) is 0 Å². The number of halogens is 2. The van der Waals surface area contributed by atoms with Gasteiger partial charge in [0.1, 0.15) is 0 Å². The second kappa shape index (κ2) is 5.75. The Hall–Kier alpha value is -1.43. The molecule has 0 unspecified atom stereocenters. The normalized spacial score (nSPS) is 13.9. The molecule has 4 nitrogen and oxygen atoms in total. The molecule has 1 aromatic carbocycles. The Morgan fingerprint density at radius 3 is 2.86 bits per heavy atom. The number of carbonyl (C=O) groups is 2. The summed E-state index contributed by atoms with van der Waals surface area (Å²) < 4.78 is 0. The molecule has 2 aromatic rings. The summed E-state index contributed by atoms with van der Waals surface area (Å²) in [5.41, 5.74) is 1.05. The number of ketones is 1. The molecular weight excluding hydrogens is 331 g/mol. The molecule has 0 saturated heterocycles. The van der Waals surface area contributed by atoms with Gasteiger partial charge in [-0.25, -0.2) is 4.98 Å². The Morgan fingerprint density at radius 1 is 1.29 bits per heavy atom. The quantitative estimate of drug-likeness (QED) is 0.890. The molecule has 3 rings (SSSR count). The zero-order valence-electron chi connectivity index (χ0n) is 10.8. The first-order valence-electron chi connectivity index (χ1n) is 6.34. The van der Waals surface area contributed by atoms with E-state index in [0.717, 1.165) is 18.5 Å². The smallest absolute Gasteiger partial charge is 0.259 e. The summed E-state index contributed by atoms with van der Waals surface area (Å²) in [6.07, 6.45) is 2.12. The van der Waals surface area contributed by atoms with E-state index in [1.807, 2.05) is 0 Å². The van der Waals surface area contributed by atoms with E-state index in [1.54, 1.807) is 12.1 Å². The highest BCUT2D eigenvalue weighted by atomic mass is 35.5. The predicted molar refractivity (Wildman–Crippen MR) is 83.8 cm³/mol. The van der Waals surface area contributed by atoms with Crippen molar-refractivity contribution >= 4 is 51.4 Å². The molecule has 1 amide bonds. The summed E-state index contributed by atoms with van der Waals surface area (Å²) in [7, 11) is 0. The molecular formula is C14H10Cl2N2O2S. The predicted octanol–water partition coefficient (Wildman–Crippen LogP) is 4.22. The van der Waals surface area contributed by atoms with Gasteiger partial charge in [-0.2, -0.15) is 0 Å². The van der Waals surface area contributed by atoms with Crippen LogP contribution in [0.25, 0.3) is 0 Å². The average molecular weight is 341 g/mol. The van der Waals surface area contributed by atoms with Crippen LogP contribution < -0.4 is 5.32 Å². The molecule has 21 heavy (non-hydrogen) atoms. The highest BCUT2D eigenvalue weighted by Gasteiger charge is 2.23. The van der Waals surface area contributed by atoms with Crippen molar-refractivity contribution in [3.05, 3.63) is 44.4 Å². The SMILES string of the molecule is O=C(Nc1nc2c(s1)C(=O)CCC2)c1cc(Cl)ccc1Cl. The van der Waals surface area contributed by atoms with E-state index in [0.29, 0.717) is 26.5 Å². The van der Waals surface area contributed by atoms with E-state index in [-0.39, 0.29) is 17.3 Å². The number of hydrogen-bond donors (Lipinski definition) is 1. The van der Waals surface area contributed by atoms with E-state index < -0.39 is 0 Å². The minimum absolute atomic E-state index is 0.0926. The molecule has 0 bridgehead atoms. The zero-order valence-corrected chi connectivity index (χ0v) is 13.1. The molecule has 0 aliphatic heterocycles. The molecule has 1 aromatic heterocycles. The number of thiazole rings is 1. The minimum atomic E-state index is -0.388. The van der Waals surface area contributed by atoms with Gasteiger partial charge in [0.25, 0.3) is 5.91 Å². The van der Waals surface area contributed by atoms with Crippen molar-refractivity contribution in [2.75, 3.05) is 5.32 Å². The maximum absolute atomic E-state index is 12.2. The van der Waals surface area contributed by atoms with Gasteiger partial charge in [-0.3, -0.25) is 14.9 Å². The third-order valence-electron chi connectivity index (χ3n) is 3.16. The number of Topliss-reactive ketones (excluding diaryl/α,β-unsaturated/α-hetero) is 1. The Balaban J connectivity index is 1.85. The van der Waals surface area contributed by atoms with Gasteiger partial charge in [0, 0.05) is 11.4 Å². The van der Waals surface area contributed by atoms with Crippen molar-refractivity contribution in [2.24, 2.45) is 0 Å². The molecule has 108 valence electrons. The van der Waals surface area contributed by atoms with Crippen LogP contribution in [0, 0.1) is 0 Å². The van der Waals surface area contributed by atoms with Crippen molar-refractivity contribution in [3.8, 4) is 0 Å². The van der Waals surface area contributed by atoms with Gasteiger partial charge in [0.05, 0.1) is 21.2 Å². The number of nitrogens with one attached hydrogen (secondary N) is 1. The van der Waals surface area contributed by atoms with Crippen LogP contribution in [0.2, 0.25) is 10.0 Å². The van der Waals surface area contributed by atoms with E-state index in [2.05, 4.69) is 10.3 Å². The minimum Gasteiger partial charge on any atom is -0.298 e. The number of benzene rings is 1. The lowest BCUT2D eigenvalue weighted by molar-refractivity contribution is 0.0975. The first-order valence-corrected chi connectivity index (χ1v) is 7.91. The monoisotopic (exact) mass is 340 g/mol. The molecule has 1 aliphatic rings. The van der Waals surface area contributed by atoms with Crippen LogP contribution in [0.1, 0.15) is 38.6 Å². The molecule has 0 fully saturated rings. The van der Waals surface area contributed by atoms with E-state index in [4.69, 9.17) is 23.2 Å². The Labute approximate surface area is 135 Å². The van der Waals surface area contributed by atoms with Crippen molar-refractivity contribution < 1.29 is 9.59 Å². The highest BCUT2D eigenvalue weighted by Crippen LogP contribution is 2.30. The molecule has 1 N–H and O–H groups in total. The fraction of sp³-hybridized carbons (Fsp3) is 0.214. The molecule has 0 saturated carbocycles. The van der Waals surface area contributed by atoms with Crippen LogP contribution in [0.15, 0.2) is 18.2 Å². The number of amides is 1. The van der Waals surface area contributed by atoms with E-state index >= 15 is 0 Å². The fourth-order valence-corrected chi connectivity index (χ4v) is 3.51. The summed E-state index contributed by atoms with van der Waals surface area (Å²) in [6.45, 7) is 0. The molecule has 0 radical (unpaired) electrons. The standard InChI is InChI=1S/C14H10Cl2N2O2S/c15-7-4-5-9(16)8(6-7)13(20)18-14-17-10-2-1-3-11(19)12(10)21-14/h4-6H,1-3H2,(H,17,18,20). The van der Waals surface area contributed by atoms with Gasteiger partial charge in [0.15, 0.2) is 10.9 Å². The summed E-state index contributed by atoms with van der Waals surface area (Å²) in [5.74, 6) is -0.295. The number of fused-ring (bicyclic) bond motifs is 1. The topological polar surface area (TPSA) is 59.1 Å². The molecule has 1 heterocycles. The Bertz CT molecular complexity index is 743. The number of rotatable bonds is 2. The molecule has 1 aliphatic carbocycles. The summed E-state index contributed by atoms with van der Waals surface area (Å²) >= 11 is 13.1. The fourth-order valence-electron chi connectivity index (χ4n) is 2.16. The van der Waals surface area contributed by atoms with Crippen LogP contribution in [-0.4, -0.2) is 16.7 Å². The van der Waals surface area contributed by atoms with E-state index in [9.17, 15) is 9.59 Å². The maximum Gasteiger partial charge on any atom is 0.259 e. The number of hydrogen-bond acceptors (Lipinski definition) is 4. The summed E-state index contributed by atoms with van der Waals surface area (Å²) in [6, 6.07) is 4.68. The van der Waals surface area contributed by atoms with Crippen LogP contribution in [0.4, 0.5) is 5.13 Å². The maximum atomic E-state index is 12.2. The lowest BCUT2D eigenvalue weighted by atomic mass is 10.0. The lowest BCUT2D eigenvalue weighted by Gasteiger charge is -2.05. The number of nitrogens with zero attached hydrogens (tertiary/aromatic N) is 1. The third kappa shape index (κ3) is 2.95. The Kier molecular flexibility index (Phi) is 3.97. The molecule has 7 heteroatoms. The Morgan fingerprint density at radius 2 is 2.10 bits per heavy atom. The van der Waals surface area contributed by atoms with E-state index in [1.165, 1.54) is 17.4 Å². The molecule has 0 spiro atoms. The van der Waals surface area contributed by atoms with Crippen LogP contribution in [-0.2, 0) is 6.42 Å². The van der Waals surface area contributed by atoms with Crippen molar-refractivity contribution in [2.45, 2.75) is 19.3 Å². The van der Waals surface area contributed by atoms with Gasteiger partial charge in [0.2, 0.25) is 0 Å². The van der Waals surface area contributed by atoms with Crippen LogP contribution in [0.3, 0.4) is 0 Å². The second-order valence-electron chi connectivity index (χ2n) is 4.65. The highest BCUT2D eigenvalue weighted by molar-refractivity contribution is 7.17. The molecule has 0 atom stereocenters. The number of aromatic nitrogens is 1. The van der Waals surface area contributed by atoms with Gasteiger partial charge >= 0.3 is 0 Å². The zero-order chi connectivity index (χ0) is 15.0. The third-order valence-corrected chi connectivity index (χ3v) is 4.78. The van der Waals surface area contributed by atoms with Gasteiger partial charge < -0.3 is 0 Å². The lowest BCUT2D eigenvalue weighted by Crippen LogP contribution is -2.12. The summed E-state index contributed by atoms with van der Waals surface area (Å²) in [5, 5.41) is 3.83. The van der Waals surface area contributed by atoms with Crippen LogP contribution >= 0.6 is 34.5 Å².